The molecule has 1 saturated heterocycles. The number of nitrogens with one attached hydrogen (secondary N) is 2. The number of hydrogen-bond acceptors (Lipinski definition) is 10. The van der Waals surface area contributed by atoms with E-state index in [1.54, 1.807) is 32.5 Å². The van der Waals surface area contributed by atoms with Crippen molar-refractivity contribution in [3.8, 4) is 28.1 Å². The summed E-state index contributed by atoms with van der Waals surface area (Å²) in [4.78, 5) is 62.8. The van der Waals surface area contributed by atoms with Gasteiger partial charge in [-0.15, -0.1) is 0 Å². The molecule has 2 fully saturated rings. The first-order chi connectivity index (χ1) is 30.0. The van der Waals surface area contributed by atoms with Gasteiger partial charge in [-0.25, -0.2) is 5.43 Å². The molecule has 4 aromatic rings. The number of nitrogens with zero attached hydrogens (tertiary/aromatic N) is 4. The van der Waals surface area contributed by atoms with Gasteiger partial charge in [0.25, 0.3) is 5.91 Å². The van der Waals surface area contributed by atoms with Crippen LogP contribution in [0.25, 0.3) is 33.3 Å². The molecule has 0 spiro atoms. The first kappa shape index (κ1) is 45.7. The van der Waals surface area contributed by atoms with Gasteiger partial charge in [0, 0.05) is 61.7 Å². The van der Waals surface area contributed by atoms with Crippen molar-refractivity contribution < 1.29 is 38.9 Å². The van der Waals surface area contributed by atoms with E-state index in [1.165, 1.54) is 9.91 Å². The summed E-state index contributed by atoms with van der Waals surface area (Å²) < 4.78 is 14.2. The number of phenols is 1. The minimum absolute atomic E-state index is 0.00257. The maximum absolute atomic E-state index is 14.6. The Bertz CT molecular complexity index is 2360. The van der Waals surface area contributed by atoms with Crippen molar-refractivity contribution in [2.24, 2.45) is 17.3 Å². The topological polar surface area (TPSA) is 176 Å². The number of carbonyl (C=O) groups excluding carboxylic acids is 4. The van der Waals surface area contributed by atoms with E-state index in [9.17, 15) is 29.4 Å². The van der Waals surface area contributed by atoms with Crippen molar-refractivity contribution in [1.82, 2.24) is 30.2 Å². The van der Waals surface area contributed by atoms with Gasteiger partial charge in [0.1, 0.15) is 23.9 Å². The van der Waals surface area contributed by atoms with Crippen LogP contribution < -0.4 is 10.7 Å². The Hall–Kier alpha value is -5.31. The molecular formula is C49H64N6O8. The number of aromatic nitrogens is 2. The third kappa shape index (κ3) is 9.49. The second kappa shape index (κ2) is 18.8. The second-order valence-electron chi connectivity index (χ2n) is 18.8. The molecule has 3 aliphatic rings. The summed E-state index contributed by atoms with van der Waals surface area (Å²) in [6.45, 7) is 13.0. The number of cyclic esters (lactones) is 1. The fourth-order valence-corrected chi connectivity index (χ4v) is 9.88. The number of methoxy groups -OCH3 is 1. The fourth-order valence-electron chi connectivity index (χ4n) is 9.88. The molecule has 4 heterocycles. The number of fused-ring (bicyclic) bond motifs is 6. The van der Waals surface area contributed by atoms with Crippen LogP contribution in [0.1, 0.15) is 96.6 Å². The number of esters is 1. The number of aryl methyl sites for hydroxylation is 1. The number of benzene rings is 2. The van der Waals surface area contributed by atoms with E-state index in [0.717, 1.165) is 51.0 Å². The smallest absolute Gasteiger partial charge is 0.324 e. The molecule has 1 aliphatic carbocycles. The quantitative estimate of drug-likeness (QED) is 0.144. The van der Waals surface area contributed by atoms with Gasteiger partial charge in [0.15, 0.2) is 0 Å². The average molecular weight is 865 g/mol. The van der Waals surface area contributed by atoms with E-state index in [1.807, 2.05) is 39.0 Å². The number of rotatable bonds is 9. The van der Waals surface area contributed by atoms with Crippen molar-refractivity contribution in [3.63, 3.8) is 0 Å². The SMILES string of the molecule is CCn1c(-c2cccnc2[C@H](C)OC)c2c3cc(ccc31)-c1cc(O)cc(c1)C[C@H](NC(=O)[C@H](C(C)C)N(C)C(=O)[C@@H]1CCC[C@H]1O)C(=O)N1CCC[C@H](N1)C(=O)OCC(C)(C)C2. The molecule has 6 bridgehead atoms. The summed E-state index contributed by atoms with van der Waals surface area (Å²) in [6.07, 6.45) is 4.04. The minimum atomic E-state index is -1.15. The van der Waals surface area contributed by atoms with Gasteiger partial charge in [-0.05, 0) is 117 Å². The Balaban J connectivity index is 1.34. The van der Waals surface area contributed by atoms with Crippen LogP contribution in [0.15, 0.2) is 54.7 Å². The van der Waals surface area contributed by atoms with Crippen LogP contribution in [-0.2, 0) is 48.0 Å². The molecule has 14 nitrogen and oxygen atoms in total. The highest BCUT2D eigenvalue weighted by atomic mass is 16.5. The predicted octanol–water partition coefficient (Wildman–Crippen LogP) is 6.10. The summed E-state index contributed by atoms with van der Waals surface area (Å²) in [5.41, 5.74) is 9.59. The monoisotopic (exact) mass is 864 g/mol. The van der Waals surface area contributed by atoms with Gasteiger partial charge in [-0.1, -0.05) is 39.8 Å². The summed E-state index contributed by atoms with van der Waals surface area (Å²) in [5.74, 6) is -2.70. The van der Waals surface area contributed by atoms with Gasteiger partial charge in [0.05, 0.1) is 36.1 Å². The van der Waals surface area contributed by atoms with E-state index in [4.69, 9.17) is 14.5 Å². The van der Waals surface area contributed by atoms with Gasteiger partial charge >= 0.3 is 5.97 Å². The average Bonchev–Trinajstić information content (AvgIpc) is 3.83. The van der Waals surface area contributed by atoms with Crippen LogP contribution in [0.5, 0.6) is 5.75 Å². The van der Waals surface area contributed by atoms with Crippen LogP contribution in [-0.4, -0.2) is 105 Å². The Morgan fingerprint density at radius 1 is 1.06 bits per heavy atom. The van der Waals surface area contributed by atoms with E-state index in [2.05, 4.69) is 54.3 Å². The second-order valence-corrected chi connectivity index (χ2v) is 18.8. The number of aliphatic hydroxyl groups excluding tert-OH is 1. The Morgan fingerprint density at radius 3 is 2.54 bits per heavy atom. The molecule has 1 saturated carbocycles. The molecule has 2 aromatic heterocycles. The predicted molar refractivity (Wildman–Crippen MR) is 240 cm³/mol. The van der Waals surface area contributed by atoms with Gasteiger partial charge in [0.2, 0.25) is 11.8 Å². The number of carbonyl (C=O) groups is 4. The van der Waals surface area contributed by atoms with Crippen LogP contribution in [0.2, 0.25) is 0 Å². The van der Waals surface area contributed by atoms with E-state index in [-0.39, 0.29) is 43.3 Å². The molecule has 63 heavy (non-hydrogen) atoms. The van der Waals surface area contributed by atoms with E-state index < -0.39 is 53.3 Å². The molecule has 0 unspecified atom stereocenters. The number of likely N-dealkylation sites (N-methyl/N-ethyl adjacent to an activating group) is 1. The number of amides is 3. The first-order valence-corrected chi connectivity index (χ1v) is 22.5. The number of aliphatic hydroxyl groups is 1. The van der Waals surface area contributed by atoms with Crippen LogP contribution in [0.4, 0.5) is 0 Å². The molecule has 7 rings (SSSR count). The van der Waals surface area contributed by atoms with Crippen LogP contribution in [0.3, 0.4) is 0 Å². The zero-order valence-electron chi connectivity index (χ0n) is 37.9. The molecule has 4 N–H and O–H groups in total. The lowest BCUT2D eigenvalue weighted by Gasteiger charge is -2.37. The number of phenolic OH excluding ortho intramolecular Hbond substituents is 1. The molecule has 14 heteroatoms. The number of hydrazine groups is 1. The number of ether oxygens (including phenoxy) is 2. The highest BCUT2D eigenvalue weighted by molar-refractivity contribution is 5.96. The van der Waals surface area contributed by atoms with Crippen molar-refractivity contribution in [2.75, 3.05) is 27.3 Å². The maximum Gasteiger partial charge on any atom is 0.324 e. The van der Waals surface area contributed by atoms with E-state index in [0.29, 0.717) is 44.2 Å². The molecule has 6 atom stereocenters. The van der Waals surface area contributed by atoms with Gasteiger partial charge in [-0.3, -0.25) is 29.2 Å². The van der Waals surface area contributed by atoms with Crippen molar-refractivity contribution in [1.29, 1.82) is 0 Å². The molecule has 2 aliphatic heterocycles. The minimum Gasteiger partial charge on any atom is -0.508 e. The Kier molecular flexibility index (Phi) is 13.6. The Labute approximate surface area is 370 Å². The third-order valence-corrected chi connectivity index (χ3v) is 13.1. The summed E-state index contributed by atoms with van der Waals surface area (Å²) in [7, 11) is 3.25. The molecule has 338 valence electrons. The lowest BCUT2D eigenvalue weighted by molar-refractivity contribution is -0.155. The normalized spacial score (nSPS) is 22.7. The van der Waals surface area contributed by atoms with Crippen molar-refractivity contribution in [2.45, 2.75) is 123 Å². The largest absolute Gasteiger partial charge is 0.508 e. The number of aromatic hydroxyl groups is 1. The summed E-state index contributed by atoms with van der Waals surface area (Å²) in [5, 5.41) is 27.2. The highest BCUT2D eigenvalue weighted by Crippen LogP contribution is 2.42. The number of pyridine rings is 1. The zero-order valence-corrected chi connectivity index (χ0v) is 37.9. The summed E-state index contributed by atoms with van der Waals surface area (Å²) >= 11 is 0. The molecule has 0 radical (unpaired) electrons. The molecule has 2 aromatic carbocycles. The molecular weight excluding hydrogens is 801 g/mol. The zero-order chi connectivity index (χ0) is 45.3. The van der Waals surface area contributed by atoms with Gasteiger partial charge < -0.3 is 34.5 Å². The lowest BCUT2D eigenvalue weighted by Crippen LogP contribution is -2.62. The van der Waals surface area contributed by atoms with Crippen molar-refractivity contribution >= 4 is 34.6 Å². The fraction of sp³-hybridized carbons (Fsp3) is 0.531. The molecule has 3 amide bonds. The van der Waals surface area contributed by atoms with E-state index >= 15 is 0 Å². The highest BCUT2D eigenvalue weighted by Gasteiger charge is 2.41. The Morgan fingerprint density at radius 2 is 1.84 bits per heavy atom. The summed E-state index contributed by atoms with van der Waals surface area (Å²) in [6, 6.07) is 12.6. The van der Waals surface area contributed by atoms with Gasteiger partial charge in [-0.2, -0.15) is 0 Å². The van der Waals surface area contributed by atoms with Crippen molar-refractivity contribution in [3.05, 3.63) is 71.5 Å². The lowest BCUT2D eigenvalue weighted by atomic mass is 9.84. The van der Waals surface area contributed by atoms with Crippen LogP contribution in [0, 0.1) is 17.3 Å². The first-order valence-electron chi connectivity index (χ1n) is 22.5. The third-order valence-electron chi connectivity index (χ3n) is 13.1. The maximum atomic E-state index is 14.6. The van der Waals surface area contributed by atoms with Crippen LogP contribution >= 0.6 is 0 Å². The number of hydrogen-bond donors (Lipinski definition) is 4. The standard InChI is InChI=1S/C49H64N6O8/c1-9-54-40-18-17-31-25-36(40)37(44(54)35-14-11-19-50-42(35)29(4)62-8)26-49(5,6)27-63-48(61)38-15-12-20-55(52-38)47(60)39(23-30-21-32(31)24-33(56)22-30)51-45(58)43(28(2)3)53(7)46(59)34-13-10-16-41(34)57/h11,14,17-19,21-22,24-25,28-29,34,38-39,41,43,52,56-57H,9-10,12-13,15-16,20,23,26-27H2,1-8H3,(H,51,58)/t29-,34+,38-,39-,41+,43-/m0/s1.